The first-order valence-electron chi connectivity index (χ1n) is 11.8. The summed E-state index contributed by atoms with van der Waals surface area (Å²) >= 11 is 1.74. The number of hydrogen-bond acceptors (Lipinski definition) is 8. The number of halogens is 1. The van der Waals surface area contributed by atoms with Crippen LogP contribution in [-0.4, -0.2) is 68.7 Å². The molecule has 0 spiro atoms. The molecule has 2 unspecified atom stereocenters. The number of rotatable bonds is 17. The molecule has 0 heterocycles. The van der Waals surface area contributed by atoms with E-state index in [1.54, 1.807) is 36.4 Å². The van der Waals surface area contributed by atoms with Gasteiger partial charge in [-0.1, -0.05) is 27.7 Å². The van der Waals surface area contributed by atoms with Gasteiger partial charge >= 0.3 is 0 Å². The monoisotopic (exact) mass is 596 g/mol. The molecule has 2 atom stereocenters. The standard InChI is InChI=1S/C24H45IN4O5/c1-15(2)28-16(9-11-18(25)31)20(33)22(3,4)24(7,8)29-17(21(34)23(5,6)26)10-12-19(32)27-13-14-30/h15-17,28-30H,9-14,26H2,1-8H3,(H,27,32). The van der Waals surface area contributed by atoms with E-state index in [0.29, 0.717) is 6.42 Å². The zero-order valence-corrected chi connectivity index (χ0v) is 24.2. The van der Waals surface area contributed by atoms with Gasteiger partial charge in [0.05, 0.1) is 24.2 Å². The van der Waals surface area contributed by atoms with Gasteiger partial charge in [-0.15, -0.1) is 0 Å². The number of aliphatic hydroxyl groups is 1. The highest BCUT2D eigenvalue weighted by Crippen LogP contribution is 2.34. The molecule has 0 fully saturated rings. The Kier molecular flexibility index (Phi) is 13.6. The highest BCUT2D eigenvalue weighted by molar-refractivity contribution is 14.1. The van der Waals surface area contributed by atoms with Crippen molar-refractivity contribution in [2.75, 3.05) is 13.2 Å². The predicted octanol–water partition coefficient (Wildman–Crippen LogP) is 1.62. The van der Waals surface area contributed by atoms with Crippen molar-refractivity contribution >= 4 is 43.9 Å². The number of hydrogen-bond donors (Lipinski definition) is 5. The van der Waals surface area contributed by atoms with Crippen LogP contribution in [0.25, 0.3) is 0 Å². The Hall–Kier alpha value is -0.950. The van der Waals surface area contributed by atoms with E-state index in [1.807, 2.05) is 41.5 Å². The minimum Gasteiger partial charge on any atom is -0.395 e. The summed E-state index contributed by atoms with van der Waals surface area (Å²) in [6.45, 7) is 14.5. The largest absolute Gasteiger partial charge is 0.395 e. The van der Waals surface area contributed by atoms with Crippen LogP contribution in [0.3, 0.4) is 0 Å². The van der Waals surface area contributed by atoms with Crippen LogP contribution in [0.1, 0.15) is 81.1 Å². The third-order valence-corrected chi connectivity index (χ3v) is 6.78. The normalized spacial score (nSPS) is 14.6. The fourth-order valence-electron chi connectivity index (χ4n) is 3.59. The van der Waals surface area contributed by atoms with Gasteiger partial charge in [0.15, 0.2) is 15.4 Å². The number of carbonyl (C=O) groups excluding carboxylic acids is 4. The van der Waals surface area contributed by atoms with Crippen molar-refractivity contribution in [1.29, 1.82) is 0 Å². The average Bonchev–Trinajstić information content (AvgIpc) is 2.70. The van der Waals surface area contributed by atoms with Gasteiger partial charge in [-0.2, -0.15) is 0 Å². The lowest BCUT2D eigenvalue weighted by molar-refractivity contribution is -0.135. The van der Waals surface area contributed by atoms with Crippen molar-refractivity contribution in [3.8, 4) is 0 Å². The molecule has 0 radical (unpaired) electrons. The molecule has 0 rings (SSSR count). The topological polar surface area (TPSA) is 151 Å². The predicted molar refractivity (Wildman–Crippen MR) is 143 cm³/mol. The first-order chi connectivity index (χ1) is 15.4. The van der Waals surface area contributed by atoms with Crippen molar-refractivity contribution in [1.82, 2.24) is 16.0 Å². The minimum absolute atomic E-state index is 0.00791. The van der Waals surface area contributed by atoms with Gasteiger partial charge in [-0.05, 0) is 63.1 Å². The molecule has 0 saturated heterocycles. The third kappa shape index (κ3) is 10.8. The molecular weight excluding hydrogens is 551 g/mol. The van der Waals surface area contributed by atoms with Gasteiger partial charge < -0.3 is 26.8 Å². The number of nitrogens with one attached hydrogen (secondary N) is 3. The van der Waals surface area contributed by atoms with E-state index in [1.165, 1.54) is 0 Å². The number of Topliss-reactive ketones (excluding diaryl/α,β-unsaturated/α-hetero) is 2. The summed E-state index contributed by atoms with van der Waals surface area (Å²) in [5.74, 6) is -0.595. The van der Waals surface area contributed by atoms with Crippen LogP contribution in [0.15, 0.2) is 0 Å². The molecule has 0 aliphatic carbocycles. The van der Waals surface area contributed by atoms with Gasteiger partial charge in [0, 0.05) is 36.4 Å². The Bertz CT molecular complexity index is 717. The van der Waals surface area contributed by atoms with E-state index in [0.717, 1.165) is 0 Å². The molecule has 9 nitrogen and oxygen atoms in total. The van der Waals surface area contributed by atoms with Crippen molar-refractivity contribution in [3.05, 3.63) is 0 Å². The molecule has 6 N–H and O–H groups in total. The molecule has 1 amide bonds. The number of amides is 1. The van der Waals surface area contributed by atoms with Gasteiger partial charge in [0.25, 0.3) is 0 Å². The summed E-state index contributed by atoms with van der Waals surface area (Å²) in [4.78, 5) is 50.4. The van der Waals surface area contributed by atoms with Gasteiger partial charge in [-0.3, -0.25) is 19.2 Å². The second-order valence-corrected chi connectivity index (χ2v) is 12.0. The summed E-state index contributed by atoms with van der Waals surface area (Å²) < 4.78 is -0.00791. The Morgan fingerprint density at radius 1 is 0.912 bits per heavy atom. The quantitative estimate of drug-likeness (QED) is 0.126. The Morgan fingerprint density at radius 3 is 1.88 bits per heavy atom. The number of aliphatic hydroxyl groups excluding tert-OH is 1. The lowest BCUT2D eigenvalue weighted by atomic mass is 9.68. The third-order valence-electron chi connectivity index (χ3n) is 6.24. The van der Waals surface area contributed by atoms with E-state index in [2.05, 4.69) is 16.0 Å². The maximum atomic E-state index is 13.7. The zero-order valence-electron chi connectivity index (χ0n) is 22.0. The zero-order chi connectivity index (χ0) is 26.9. The molecule has 10 heteroatoms. The Balaban J connectivity index is 5.82. The summed E-state index contributed by atoms with van der Waals surface area (Å²) in [5.41, 5.74) is 3.19. The SMILES string of the molecule is CC(C)NC(CCC(=O)I)C(=O)C(C)(C)C(C)(C)NC(CCC(=O)NCCO)C(=O)C(C)(C)N. The van der Waals surface area contributed by atoms with Crippen LogP contribution < -0.4 is 21.7 Å². The average molecular weight is 597 g/mol. The van der Waals surface area contributed by atoms with E-state index in [4.69, 9.17) is 10.8 Å². The molecule has 34 heavy (non-hydrogen) atoms. The number of nitrogens with two attached hydrogens (primary N) is 1. The van der Waals surface area contributed by atoms with Crippen molar-refractivity contribution in [2.24, 2.45) is 11.1 Å². The van der Waals surface area contributed by atoms with Crippen LogP contribution in [-0.2, 0) is 19.2 Å². The lowest BCUT2D eigenvalue weighted by Crippen LogP contribution is -2.64. The van der Waals surface area contributed by atoms with Crippen molar-refractivity contribution in [2.45, 2.75) is 110 Å². The molecule has 0 aromatic heterocycles. The molecule has 0 saturated carbocycles. The molecule has 0 aliphatic heterocycles. The fraction of sp³-hybridized carbons (Fsp3) is 0.833. The van der Waals surface area contributed by atoms with E-state index >= 15 is 0 Å². The van der Waals surface area contributed by atoms with E-state index in [-0.39, 0.29) is 59.7 Å². The molecule has 198 valence electrons. The van der Waals surface area contributed by atoms with Crippen molar-refractivity contribution in [3.63, 3.8) is 0 Å². The van der Waals surface area contributed by atoms with Gasteiger partial charge in [0.2, 0.25) is 5.91 Å². The van der Waals surface area contributed by atoms with Crippen LogP contribution in [0.2, 0.25) is 0 Å². The maximum Gasteiger partial charge on any atom is 0.220 e. The maximum absolute atomic E-state index is 13.7. The molecule has 0 bridgehead atoms. The first-order valence-corrected chi connectivity index (χ1v) is 12.9. The van der Waals surface area contributed by atoms with Crippen LogP contribution in [0, 0.1) is 5.41 Å². The number of ketones is 2. The Morgan fingerprint density at radius 2 is 1.44 bits per heavy atom. The molecule has 0 aromatic carbocycles. The lowest BCUT2D eigenvalue weighted by Gasteiger charge is -2.45. The summed E-state index contributed by atoms with van der Waals surface area (Å²) in [6, 6.07) is -1.22. The smallest absolute Gasteiger partial charge is 0.220 e. The molecule has 0 aromatic rings. The molecule has 0 aliphatic rings. The van der Waals surface area contributed by atoms with Crippen molar-refractivity contribution < 1.29 is 24.3 Å². The molecular formula is C24H45IN4O5. The highest BCUT2D eigenvalue weighted by Gasteiger charge is 2.47. The number of carbonyl (C=O) groups is 4. The van der Waals surface area contributed by atoms with Gasteiger partial charge in [-0.25, -0.2) is 0 Å². The van der Waals surface area contributed by atoms with Crippen LogP contribution in [0.5, 0.6) is 0 Å². The summed E-state index contributed by atoms with van der Waals surface area (Å²) in [7, 11) is 0. The summed E-state index contributed by atoms with van der Waals surface area (Å²) in [5, 5.41) is 18.1. The van der Waals surface area contributed by atoms with E-state index < -0.39 is 28.6 Å². The minimum atomic E-state index is -1.13. The van der Waals surface area contributed by atoms with Crippen LogP contribution in [0.4, 0.5) is 0 Å². The Labute approximate surface area is 218 Å². The fourth-order valence-corrected chi connectivity index (χ4v) is 3.90. The second kappa shape index (κ2) is 14.0. The highest BCUT2D eigenvalue weighted by atomic mass is 127. The second-order valence-electron chi connectivity index (χ2n) is 10.8. The first kappa shape index (κ1) is 33.0. The van der Waals surface area contributed by atoms with Gasteiger partial charge in [0.1, 0.15) is 0 Å². The van der Waals surface area contributed by atoms with Crippen LogP contribution >= 0.6 is 22.6 Å². The summed E-state index contributed by atoms with van der Waals surface area (Å²) in [6.07, 6.45) is 0.939. The van der Waals surface area contributed by atoms with E-state index in [9.17, 15) is 19.2 Å².